The van der Waals surface area contributed by atoms with Crippen molar-refractivity contribution in [3.05, 3.63) is 42.4 Å². The first kappa shape index (κ1) is 19.8. The predicted molar refractivity (Wildman–Crippen MR) is 113 cm³/mol. The lowest BCUT2D eigenvalue weighted by atomic mass is 10.2. The van der Waals surface area contributed by atoms with Crippen molar-refractivity contribution in [3.63, 3.8) is 0 Å². The number of amides is 2. The van der Waals surface area contributed by atoms with E-state index in [9.17, 15) is 9.59 Å². The number of nitrogens with one attached hydrogen (secondary N) is 2. The van der Waals surface area contributed by atoms with Crippen molar-refractivity contribution >= 4 is 62.6 Å². The van der Waals surface area contributed by atoms with Crippen molar-refractivity contribution < 1.29 is 14.0 Å². The van der Waals surface area contributed by atoms with Gasteiger partial charge >= 0.3 is 0 Å². The number of carbonyl (C=O) groups excluding carboxylic acids is 2. The van der Waals surface area contributed by atoms with Crippen LogP contribution in [-0.2, 0) is 4.79 Å². The fourth-order valence-electron chi connectivity index (χ4n) is 2.44. The van der Waals surface area contributed by atoms with Crippen LogP contribution in [0.3, 0.4) is 0 Å². The molecule has 0 spiro atoms. The highest BCUT2D eigenvalue weighted by atomic mass is 32.2. The zero-order valence-electron chi connectivity index (χ0n) is 14.9. The smallest absolute Gasteiger partial charge is 0.287 e. The molecule has 142 valence electrons. The minimum absolute atomic E-state index is 0.188. The van der Waals surface area contributed by atoms with Gasteiger partial charge in [0.05, 0.1) is 16.5 Å². The van der Waals surface area contributed by atoms with Gasteiger partial charge in [0.1, 0.15) is 6.04 Å². The van der Waals surface area contributed by atoms with Gasteiger partial charge in [0.15, 0.2) is 10.1 Å². The third-order valence-electron chi connectivity index (χ3n) is 3.79. The predicted octanol–water partition coefficient (Wildman–Crippen LogP) is 4.10. The number of fused-ring (bicyclic) bond motifs is 1. The number of hydrogen-bond donors (Lipinski definition) is 2. The Labute approximate surface area is 169 Å². The first-order chi connectivity index (χ1) is 13.1. The molecule has 1 aromatic carbocycles. The van der Waals surface area contributed by atoms with E-state index in [1.807, 2.05) is 30.7 Å². The second kappa shape index (κ2) is 9.29. The molecule has 2 aromatic heterocycles. The van der Waals surface area contributed by atoms with E-state index in [0.717, 1.165) is 20.3 Å². The van der Waals surface area contributed by atoms with Gasteiger partial charge in [-0.2, -0.15) is 11.8 Å². The molecule has 27 heavy (non-hydrogen) atoms. The van der Waals surface area contributed by atoms with Crippen LogP contribution in [0.15, 0.2) is 45.4 Å². The number of thiazole rings is 1. The Bertz CT molecular complexity index is 924. The van der Waals surface area contributed by atoms with Crippen molar-refractivity contribution in [2.24, 2.45) is 0 Å². The summed E-state index contributed by atoms with van der Waals surface area (Å²) >= 11 is 4.80. The highest BCUT2D eigenvalue weighted by molar-refractivity contribution is 8.00. The number of benzene rings is 1. The quantitative estimate of drug-likeness (QED) is 0.533. The van der Waals surface area contributed by atoms with Crippen molar-refractivity contribution in [2.45, 2.75) is 16.8 Å². The second-order valence-electron chi connectivity index (χ2n) is 5.64. The molecule has 0 fully saturated rings. The zero-order chi connectivity index (χ0) is 19.2. The number of rotatable bonds is 8. The first-order valence-corrected chi connectivity index (χ1v) is 11.6. The lowest BCUT2D eigenvalue weighted by Gasteiger charge is -2.17. The van der Waals surface area contributed by atoms with Crippen LogP contribution in [0.5, 0.6) is 0 Å². The molecule has 3 rings (SSSR count). The van der Waals surface area contributed by atoms with E-state index in [1.165, 1.54) is 6.26 Å². The number of furan rings is 1. The van der Waals surface area contributed by atoms with Crippen LogP contribution in [0.4, 0.5) is 5.69 Å². The molecule has 9 heteroatoms. The minimum Gasteiger partial charge on any atom is -0.459 e. The fraction of sp³-hybridized carbons (Fsp3) is 0.278. The lowest BCUT2D eigenvalue weighted by molar-refractivity contribution is -0.118. The monoisotopic (exact) mass is 421 g/mol. The van der Waals surface area contributed by atoms with E-state index >= 15 is 0 Å². The molecular weight excluding hydrogens is 402 g/mol. The van der Waals surface area contributed by atoms with Crippen molar-refractivity contribution in [2.75, 3.05) is 23.6 Å². The number of carbonyl (C=O) groups is 2. The van der Waals surface area contributed by atoms with Crippen molar-refractivity contribution in [1.29, 1.82) is 0 Å². The molecule has 2 amide bonds. The molecule has 2 heterocycles. The van der Waals surface area contributed by atoms with Crippen LogP contribution in [-0.4, -0.2) is 41.1 Å². The maximum absolute atomic E-state index is 12.7. The molecule has 0 bridgehead atoms. The summed E-state index contributed by atoms with van der Waals surface area (Å²) in [6.07, 6.45) is 5.90. The van der Waals surface area contributed by atoms with Crippen LogP contribution in [0, 0.1) is 0 Å². The minimum atomic E-state index is -0.644. The van der Waals surface area contributed by atoms with Gasteiger partial charge in [-0.3, -0.25) is 9.59 Å². The van der Waals surface area contributed by atoms with E-state index in [-0.39, 0.29) is 11.7 Å². The zero-order valence-corrected chi connectivity index (χ0v) is 17.3. The molecule has 3 aromatic rings. The number of hydrogen-bond acceptors (Lipinski definition) is 7. The summed E-state index contributed by atoms with van der Waals surface area (Å²) in [7, 11) is 0. The molecule has 1 atom stereocenters. The highest BCUT2D eigenvalue weighted by Gasteiger charge is 2.22. The highest BCUT2D eigenvalue weighted by Crippen LogP contribution is 2.30. The summed E-state index contributed by atoms with van der Waals surface area (Å²) in [5.41, 5.74) is 1.60. The average molecular weight is 422 g/mol. The average Bonchev–Trinajstić information content (AvgIpc) is 3.33. The molecule has 0 saturated carbocycles. The lowest BCUT2D eigenvalue weighted by Crippen LogP contribution is -2.44. The number of thioether (sulfide) groups is 2. The molecular formula is C18H19N3O3S3. The fourth-order valence-corrected chi connectivity index (χ4v) is 4.44. The maximum atomic E-state index is 12.7. The van der Waals surface area contributed by atoms with Crippen molar-refractivity contribution in [3.8, 4) is 0 Å². The summed E-state index contributed by atoms with van der Waals surface area (Å²) in [5, 5.41) is 5.65. The Morgan fingerprint density at radius 2 is 2.15 bits per heavy atom. The summed E-state index contributed by atoms with van der Waals surface area (Å²) in [4.78, 5) is 29.5. The number of aromatic nitrogens is 1. The Morgan fingerprint density at radius 3 is 2.85 bits per heavy atom. The molecule has 1 unspecified atom stereocenters. The van der Waals surface area contributed by atoms with Gasteiger partial charge in [0.25, 0.3) is 5.91 Å². The van der Waals surface area contributed by atoms with Gasteiger partial charge in [-0.05, 0) is 55.0 Å². The summed E-state index contributed by atoms with van der Waals surface area (Å²) in [5.74, 6) is 0.288. The van der Waals surface area contributed by atoms with Gasteiger partial charge in [0.2, 0.25) is 5.91 Å². The van der Waals surface area contributed by atoms with Crippen LogP contribution in [0.2, 0.25) is 0 Å². The molecule has 6 nitrogen and oxygen atoms in total. The van der Waals surface area contributed by atoms with E-state index in [1.54, 1.807) is 47.0 Å². The summed E-state index contributed by atoms with van der Waals surface area (Å²) in [6.45, 7) is 0. The van der Waals surface area contributed by atoms with Gasteiger partial charge in [-0.15, -0.1) is 11.3 Å². The number of anilines is 1. The van der Waals surface area contributed by atoms with Crippen molar-refractivity contribution in [1.82, 2.24) is 10.3 Å². The molecule has 2 N–H and O–H groups in total. The summed E-state index contributed by atoms with van der Waals surface area (Å²) < 4.78 is 7.10. The van der Waals surface area contributed by atoms with E-state index < -0.39 is 11.9 Å². The molecule has 0 saturated heterocycles. The number of nitrogens with zero attached hydrogens (tertiary/aromatic N) is 1. The Kier molecular flexibility index (Phi) is 6.81. The first-order valence-electron chi connectivity index (χ1n) is 8.19. The van der Waals surface area contributed by atoms with Crippen LogP contribution in [0.25, 0.3) is 10.2 Å². The SMILES string of the molecule is CSCCC(NC(=O)c1ccco1)C(=O)Nc1ccc2nc(SC)sc2c1. The van der Waals surface area contributed by atoms with Gasteiger partial charge in [0, 0.05) is 5.69 Å². The van der Waals surface area contributed by atoms with Crippen LogP contribution < -0.4 is 10.6 Å². The Morgan fingerprint density at radius 1 is 1.30 bits per heavy atom. The third kappa shape index (κ3) is 5.06. The third-order valence-corrected chi connectivity index (χ3v) is 6.44. The maximum Gasteiger partial charge on any atom is 0.287 e. The Balaban J connectivity index is 1.72. The van der Waals surface area contributed by atoms with Crippen LogP contribution >= 0.6 is 34.9 Å². The topological polar surface area (TPSA) is 84.2 Å². The normalized spacial score (nSPS) is 12.1. The van der Waals surface area contributed by atoms with E-state index in [4.69, 9.17) is 4.42 Å². The van der Waals surface area contributed by atoms with E-state index in [2.05, 4.69) is 15.6 Å². The molecule has 0 aliphatic rings. The van der Waals surface area contributed by atoms with Gasteiger partial charge in [-0.1, -0.05) is 11.8 Å². The second-order valence-corrected chi connectivity index (χ2v) is 8.71. The standard InChI is InChI=1S/C18H19N3O3S3/c1-25-9-7-13(20-17(23)14-4-3-8-24-14)16(22)19-11-5-6-12-15(10-11)27-18(21-12)26-2/h3-6,8,10,13H,7,9H2,1-2H3,(H,19,22)(H,20,23). The molecule has 0 aliphatic heterocycles. The van der Waals surface area contributed by atoms with E-state index in [0.29, 0.717) is 12.1 Å². The van der Waals surface area contributed by atoms with Gasteiger partial charge < -0.3 is 15.1 Å². The summed E-state index contributed by atoms with van der Waals surface area (Å²) in [6, 6.07) is 8.18. The molecule has 0 radical (unpaired) electrons. The molecule has 0 aliphatic carbocycles. The van der Waals surface area contributed by atoms with Crippen LogP contribution in [0.1, 0.15) is 17.0 Å². The Hall–Kier alpha value is -1.97. The largest absolute Gasteiger partial charge is 0.459 e. The van der Waals surface area contributed by atoms with Gasteiger partial charge in [-0.25, -0.2) is 4.98 Å².